The van der Waals surface area contributed by atoms with Crippen LogP contribution in [0.5, 0.6) is 5.75 Å². The lowest BCUT2D eigenvalue weighted by Crippen LogP contribution is -2.42. The molecule has 1 fully saturated rings. The summed E-state index contributed by atoms with van der Waals surface area (Å²) >= 11 is 5.97. The second-order valence-electron chi connectivity index (χ2n) is 6.24. The summed E-state index contributed by atoms with van der Waals surface area (Å²) in [5.74, 6) is -2.01. The first-order valence-electron chi connectivity index (χ1n) is 8.35. The van der Waals surface area contributed by atoms with E-state index in [1.165, 1.54) is 12.1 Å². The summed E-state index contributed by atoms with van der Waals surface area (Å²) in [7, 11) is 0. The molecular formula is C19H17ClF2N2O3. The number of halogens is 3. The van der Waals surface area contributed by atoms with Crippen molar-refractivity contribution < 1.29 is 23.1 Å². The van der Waals surface area contributed by atoms with Crippen molar-refractivity contribution in [2.75, 3.05) is 13.1 Å². The van der Waals surface area contributed by atoms with Crippen molar-refractivity contribution in [2.24, 2.45) is 5.73 Å². The van der Waals surface area contributed by atoms with E-state index in [-0.39, 0.29) is 28.1 Å². The Hall–Kier alpha value is -2.67. The molecule has 0 bridgehead atoms. The summed E-state index contributed by atoms with van der Waals surface area (Å²) in [4.78, 5) is 25.6. The second-order valence-corrected chi connectivity index (χ2v) is 6.65. The summed E-state index contributed by atoms with van der Waals surface area (Å²) in [6, 6.07) is 7.75. The average Bonchev–Trinajstić information content (AvgIpc) is 2.63. The van der Waals surface area contributed by atoms with Gasteiger partial charge in [0, 0.05) is 25.9 Å². The molecule has 5 nitrogen and oxygen atoms in total. The lowest BCUT2D eigenvalue weighted by molar-refractivity contribution is 0.0595. The fourth-order valence-corrected chi connectivity index (χ4v) is 3.19. The van der Waals surface area contributed by atoms with Crippen molar-refractivity contribution in [1.82, 2.24) is 4.90 Å². The smallest absolute Gasteiger partial charge is 0.255 e. The first kappa shape index (κ1) is 19.1. The normalized spacial score (nSPS) is 14.9. The van der Waals surface area contributed by atoms with Crippen LogP contribution in [0.1, 0.15) is 33.6 Å². The molecule has 0 aromatic heterocycles. The third-order valence-electron chi connectivity index (χ3n) is 4.40. The molecule has 0 radical (unpaired) electrons. The fraction of sp³-hybridized carbons (Fsp3) is 0.263. The highest BCUT2D eigenvalue weighted by Gasteiger charge is 2.27. The van der Waals surface area contributed by atoms with Crippen LogP contribution in [-0.2, 0) is 0 Å². The van der Waals surface area contributed by atoms with E-state index < -0.39 is 17.6 Å². The van der Waals surface area contributed by atoms with Crippen molar-refractivity contribution in [3.8, 4) is 5.75 Å². The van der Waals surface area contributed by atoms with Gasteiger partial charge in [-0.3, -0.25) is 9.59 Å². The Labute approximate surface area is 159 Å². The van der Waals surface area contributed by atoms with E-state index in [2.05, 4.69) is 0 Å². The number of nitrogens with two attached hydrogens (primary N) is 1. The highest BCUT2D eigenvalue weighted by molar-refractivity contribution is 6.34. The molecule has 2 amide bonds. The van der Waals surface area contributed by atoms with E-state index in [1.807, 2.05) is 0 Å². The number of amides is 2. The maximum Gasteiger partial charge on any atom is 0.255 e. The van der Waals surface area contributed by atoms with E-state index in [1.54, 1.807) is 17.0 Å². The lowest BCUT2D eigenvalue weighted by Gasteiger charge is -2.32. The standard InChI is InChI=1S/C19H17ClF2N2O3/c20-16-10-17(22)15(18(23)25)9-14(16)19(26)24-7-5-13(6-8-24)27-12-3-1-11(21)2-4-12/h1-4,9-10,13H,5-8H2,(H2,23,25). The molecule has 1 saturated heterocycles. The monoisotopic (exact) mass is 394 g/mol. The van der Waals surface area contributed by atoms with Gasteiger partial charge in [-0.15, -0.1) is 0 Å². The molecule has 1 heterocycles. The molecule has 142 valence electrons. The van der Waals surface area contributed by atoms with Crippen molar-refractivity contribution in [3.63, 3.8) is 0 Å². The summed E-state index contributed by atoms with van der Waals surface area (Å²) < 4.78 is 32.5. The SMILES string of the molecule is NC(=O)c1cc(C(=O)N2CCC(Oc3ccc(F)cc3)CC2)c(Cl)cc1F. The Kier molecular flexibility index (Phi) is 5.60. The van der Waals surface area contributed by atoms with Gasteiger partial charge in [0.2, 0.25) is 0 Å². The van der Waals surface area contributed by atoms with Crippen LogP contribution in [0.2, 0.25) is 5.02 Å². The largest absolute Gasteiger partial charge is 0.490 e. The topological polar surface area (TPSA) is 72.6 Å². The Morgan fingerprint density at radius 1 is 1.07 bits per heavy atom. The van der Waals surface area contributed by atoms with E-state index in [0.29, 0.717) is 31.7 Å². The van der Waals surface area contributed by atoms with Crippen LogP contribution >= 0.6 is 11.6 Å². The molecule has 0 spiro atoms. The van der Waals surface area contributed by atoms with Gasteiger partial charge in [-0.1, -0.05) is 11.6 Å². The fourth-order valence-electron chi connectivity index (χ4n) is 2.95. The zero-order chi connectivity index (χ0) is 19.6. The number of nitrogens with zero attached hydrogens (tertiary/aromatic N) is 1. The number of ether oxygens (including phenoxy) is 1. The van der Waals surface area contributed by atoms with Crippen molar-refractivity contribution in [1.29, 1.82) is 0 Å². The van der Waals surface area contributed by atoms with Crippen LogP contribution < -0.4 is 10.5 Å². The molecule has 1 aliphatic heterocycles. The number of likely N-dealkylation sites (tertiary alicyclic amines) is 1. The molecule has 27 heavy (non-hydrogen) atoms. The van der Waals surface area contributed by atoms with E-state index in [0.717, 1.165) is 12.1 Å². The minimum Gasteiger partial charge on any atom is -0.490 e. The number of benzene rings is 2. The van der Waals surface area contributed by atoms with Crippen LogP contribution in [-0.4, -0.2) is 35.9 Å². The first-order valence-corrected chi connectivity index (χ1v) is 8.73. The quantitative estimate of drug-likeness (QED) is 0.863. The lowest BCUT2D eigenvalue weighted by atomic mass is 10.0. The minimum absolute atomic E-state index is 0.0322. The molecule has 1 aliphatic rings. The Balaban J connectivity index is 1.65. The zero-order valence-electron chi connectivity index (χ0n) is 14.3. The maximum absolute atomic E-state index is 13.7. The highest BCUT2D eigenvalue weighted by atomic mass is 35.5. The number of primary amides is 1. The van der Waals surface area contributed by atoms with E-state index in [4.69, 9.17) is 22.1 Å². The van der Waals surface area contributed by atoms with Gasteiger partial charge in [-0.25, -0.2) is 8.78 Å². The molecule has 8 heteroatoms. The Morgan fingerprint density at radius 3 is 2.30 bits per heavy atom. The molecule has 2 aromatic carbocycles. The molecular weight excluding hydrogens is 378 g/mol. The van der Waals surface area contributed by atoms with Gasteiger partial charge in [-0.2, -0.15) is 0 Å². The number of carbonyl (C=O) groups is 2. The summed E-state index contributed by atoms with van der Waals surface area (Å²) in [6.45, 7) is 0.814. The second kappa shape index (κ2) is 7.92. The zero-order valence-corrected chi connectivity index (χ0v) is 15.0. The molecule has 3 rings (SSSR count). The predicted octanol–water partition coefficient (Wildman–Crippen LogP) is 3.40. The number of hydrogen-bond donors (Lipinski definition) is 1. The average molecular weight is 395 g/mol. The number of piperidine rings is 1. The van der Waals surface area contributed by atoms with Crippen LogP contribution in [0.4, 0.5) is 8.78 Å². The van der Waals surface area contributed by atoms with Gasteiger partial charge in [0.1, 0.15) is 23.5 Å². The van der Waals surface area contributed by atoms with Gasteiger partial charge in [0.15, 0.2) is 0 Å². The van der Waals surface area contributed by atoms with Crippen LogP contribution in [0.15, 0.2) is 36.4 Å². The summed E-state index contributed by atoms with van der Waals surface area (Å²) in [5, 5.41) is -0.0767. The van der Waals surface area contributed by atoms with Gasteiger partial charge in [0.05, 0.1) is 16.1 Å². The van der Waals surface area contributed by atoms with Crippen LogP contribution in [0, 0.1) is 11.6 Å². The molecule has 2 N–H and O–H groups in total. The Bertz CT molecular complexity index is 866. The molecule has 0 atom stereocenters. The maximum atomic E-state index is 13.7. The van der Waals surface area contributed by atoms with Crippen molar-refractivity contribution in [3.05, 3.63) is 64.2 Å². The predicted molar refractivity (Wildman–Crippen MR) is 95.9 cm³/mol. The molecule has 0 saturated carbocycles. The number of carbonyl (C=O) groups excluding carboxylic acids is 2. The number of hydrogen-bond acceptors (Lipinski definition) is 3. The third kappa shape index (κ3) is 4.36. The van der Waals surface area contributed by atoms with Gasteiger partial charge < -0.3 is 15.4 Å². The minimum atomic E-state index is -0.968. The van der Waals surface area contributed by atoms with Crippen molar-refractivity contribution >= 4 is 23.4 Å². The third-order valence-corrected chi connectivity index (χ3v) is 4.71. The molecule has 0 aliphatic carbocycles. The van der Waals surface area contributed by atoms with Gasteiger partial charge >= 0.3 is 0 Å². The van der Waals surface area contributed by atoms with E-state index >= 15 is 0 Å². The van der Waals surface area contributed by atoms with E-state index in [9.17, 15) is 18.4 Å². The Morgan fingerprint density at radius 2 is 1.70 bits per heavy atom. The van der Waals surface area contributed by atoms with Crippen molar-refractivity contribution in [2.45, 2.75) is 18.9 Å². The number of rotatable bonds is 4. The van der Waals surface area contributed by atoms with Crippen LogP contribution in [0.3, 0.4) is 0 Å². The molecule has 2 aromatic rings. The van der Waals surface area contributed by atoms with Gasteiger partial charge in [-0.05, 0) is 36.4 Å². The summed E-state index contributed by atoms with van der Waals surface area (Å²) in [5.41, 5.74) is 4.78. The van der Waals surface area contributed by atoms with Gasteiger partial charge in [0.25, 0.3) is 11.8 Å². The first-order chi connectivity index (χ1) is 12.8. The van der Waals surface area contributed by atoms with Crippen LogP contribution in [0.25, 0.3) is 0 Å². The highest BCUT2D eigenvalue weighted by Crippen LogP contribution is 2.25. The summed E-state index contributed by atoms with van der Waals surface area (Å²) in [6.07, 6.45) is 1.04. The molecule has 0 unspecified atom stereocenters.